The van der Waals surface area contributed by atoms with Crippen LogP contribution in [-0.4, -0.2) is 16.0 Å². The number of anilines is 2. The fraction of sp³-hybridized carbons (Fsp3) is 0.692. The van der Waals surface area contributed by atoms with E-state index in [0.717, 1.165) is 34.9 Å². The Morgan fingerprint density at radius 2 is 1.61 bits per heavy atom. The molecule has 18 heavy (non-hydrogen) atoms. The maximum Gasteiger partial charge on any atom is 0.148 e. The highest BCUT2D eigenvalue weighted by atomic mass is 15.3. The van der Waals surface area contributed by atoms with Gasteiger partial charge in [0.05, 0.1) is 0 Å². The molecule has 0 saturated heterocycles. The van der Waals surface area contributed by atoms with Crippen molar-refractivity contribution in [1.82, 2.24) is 9.97 Å². The molecular weight excluding hydrogens is 226 g/mol. The standard InChI is InChI=1S/C13H21N5/c1-7-12(15-8(2)16-13(7)18-14)17-11(9-3-4-9)10-5-6-10/h9-11H,3-6,14H2,1-2H3,(H2,15,16,17,18). The summed E-state index contributed by atoms with van der Waals surface area (Å²) in [6, 6.07) is 0.601. The van der Waals surface area contributed by atoms with E-state index in [-0.39, 0.29) is 0 Å². The molecule has 0 atom stereocenters. The van der Waals surface area contributed by atoms with Gasteiger partial charge in [0.25, 0.3) is 0 Å². The largest absolute Gasteiger partial charge is 0.366 e. The maximum atomic E-state index is 5.50. The molecule has 0 aliphatic heterocycles. The zero-order valence-corrected chi connectivity index (χ0v) is 11.0. The van der Waals surface area contributed by atoms with Crippen LogP contribution in [-0.2, 0) is 0 Å². The zero-order valence-electron chi connectivity index (χ0n) is 11.0. The van der Waals surface area contributed by atoms with Crippen LogP contribution >= 0.6 is 0 Å². The van der Waals surface area contributed by atoms with Gasteiger partial charge in [0, 0.05) is 11.6 Å². The van der Waals surface area contributed by atoms with Crippen LogP contribution in [0.15, 0.2) is 0 Å². The molecule has 5 heteroatoms. The number of rotatable bonds is 5. The average molecular weight is 247 g/mol. The van der Waals surface area contributed by atoms with Crippen molar-refractivity contribution in [1.29, 1.82) is 0 Å². The Morgan fingerprint density at radius 1 is 1.06 bits per heavy atom. The SMILES string of the molecule is Cc1nc(NN)c(C)c(NC(C2CC2)C2CC2)n1. The fourth-order valence-corrected chi connectivity index (χ4v) is 2.60. The Labute approximate surface area is 108 Å². The molecule has 2 aliphatic rings. The van der Waals surface area contributed by atoms with E-state index in [2.05, 4.69) is 20.7 Å². The summed E-state index contributed by atoms with van der Waals surface area (Å²) in [4.78, 5) is 8.82. The van der Waals surface area contributed by atoms with Crippen molar-refractivity contribution < 1.29 is 0 Å². The summed E-state index contributed by atoms with van der Waals surface area (Å²) in [6.45, 7) is 3.91. The summed E-state index contributed by atoms with van der Waals surface area (Å²) in [7, 11) is 0. The lowest BCUT2D eigenvalue weighted by Crippen LogP contribution is -2.26. The van der Waals surface area contributed by atoms with E-state index in [4.69, 9.17) is 5.84 Å². The molecule has 98 valence electrons. The van der Waals surface area contributed by atoms with Gasteiger partial charge in [0.15, 0.2) is 0 Å². The first-order valence-corrected chi connectivity index (χ1v) is 6.77. The first-order valence-electron chi connectivity index (χ1n) is 6.77. The van der Waals surface area contributed by atoms with Gasteiger partial charge in [-0.3, -0.25) is 0 Å². The van der Waals surface area contributed by atoms with E-state index in [0.29, 0.717) is 6.04 Å². The van der Waals surface area contributed by atoms with Crippen LogP contribution in [0.1, 0.15) is 37.1 Å². The zero-order chi connectivity index (χ0) is 12.7. The Morgan fingerprint density at radius 3 is 2.11 bits per heavy atom. The number of nitrogen functional groups attached to an aromatic ring is 1. The summed E-state index contributed by atoms with van der Waals surface area (Å²) in [5.41, 5.74) is 3.66. The molecule has 0 bridgehead atoms. The molecule has 1 heterocycles. The van der Waals surface area contributed by atoms with Crippen LogP contribution in [0.4, 0.5) is 11.6 Å². The highest BCUT2D eigenvalue weighted by Crippen LogP contribution is 2.46. The molecule has 5 nitrogen and oxygen atoms in total. The predicted octanol–water partition coefficient (Wildman–Crippen LogP) is 1.98. The van der Waals surface area contributed by atoms with Gasteiger partial charge in [-0.2, -0.15) is 0 Å². The molecule has 1 aromatic rings. The van der Waals surface area contributed by atoms with E-state index in [1.54, 1.807) is 0 Å². The molecule has 0 aromatic carbocycles. The number of nitrogens with zero attached hydrogens (tertiary/aromatic N) is 2. The second-order valence-electron chi connectivity index (χ2n) is 5.58. The number of hydrazine groups is 1. The second kappa shape index (κ2) is 4.39. The molecule has 2 saturated carbocycles. The minimum atomic E-state index is 0.601. The second-order valence-corrected chi connectivity index (χ2v) is 5.58. The van der Waals surface area contributed by atoms with Gasteiger partial charge in [0.1, 0.15) is 17.5 Å². The first-order chi connectivity index (χ1) is 8.69. The molecule has 2 aliphatic carbocycles. The van der Waals surface area contributed by atoms with Crippen LogP contribution in [0.2, 0.25) is 0 Å². The van der Waals surface area contributed by atoms with Crippen molar-refractivity contribution >= 4 is 11.6 Å². The van der Waals surface area contributed by atoms with E-state index in [1.807, 2.05) is 13.8 Å². The van der Waals surface area contributed by atoms with Crippen LogP contribution < -0.4 is 16.6 Å². The quantitative estimate of drug-likeness (QED) is 0.548. The van der Waals surface area contributed by atoms with E-state index in [1.165, 1.54) is 25.7 Å². The Kier molecular flexibility index (Phi) is 2.86. The van der Waals surface area contributed by atoms with Crippen LogP contribution in [0.25, 0.3) is 0 Å². The van der Waals surface area contributed by atoms with E-state index < -0.39 is 0 Å². The van der Waals surface area contributed by atoms with Crippen molar-refractivity contribution in [3.8, 4) is 0 Å². The van der Waals surface area contributed by atoms with Crippen LogP contribution in [0.3, 0.4) is 0 Å². The molecular formula is C13H21N5. The lowest BCUT2D eigenvalue weighted by atomic mass is 10.1. The summed E-state index contributed by atoms with van der Waals surface area (Å²) in [6.07, 6.45) is 5.44. The Balaban J connectivity index is 1.84. The highest BCUT2D eigenvalue weighted by molar-refractivity contribution is 5.57. The number of nitrogens with one attached hydrogen (secondary N) is 2. The molecule has 3 rings (SSSR count). The number of hydrogen-bond donors (Lipinski definition) is 3. The number of nitrogens with two attached hydrogens (primary N) is 1. The van der Waals surface area contributed by atoms with Gasteiger partial charge >= 0.3 is 0 Å². The lowest BCUT2D eigenvalue weighted by Gasteiger charge is -2.20. The average Bonchev–Trinajstić information content (AvgIpc) is 3.22. The normalized spacial score (nSPS) is 19.1. The molecule has 4 N–H and O–H groups in total. The number of aromatic nitrogens is 2. The van der Waals surface area contributed by atoms with E-state index in [9.17, 15) is 0 Å². The monoisotopic (exact) mass is 247 g/mol. The van der Waals surface area contributed by atoms with Gasteiger partial charge in [-0.15, -0.1) is 0 Å². The minimum absolute atomic E-state index is 0.601. The molecule has 0 amide bonds. The van der Waals surface area contributed by atoms with Gasteiger partial charge in [0.2, 0.25) is 0 Å². The minimum Gasteiger partial charge on any atom is -0.366 e. The highest BCUT2D eigenvalue weighted by Gasteiger charge is 2.41. The first kappa shape index (κ1) is 11.7. The fourth-order valence-electron chi connectivity index (χ4n) is 2.60. The van der Waals surface area contributed by atoms with Crippen molar-refractivity contribution in [2.75, 3.05) is 10.7 Å². The number of aryl methyl sites for hydroxylation is 1. The van der Waals surface area contributed by atoms with Crippen molar-refractivity contribution in [2.45, 2.75) is 45.6 Å². The van der Waals surface area contributed by atoms with Gasteiger partial charge < -0.3 is 10.7 Å². The Bertz CT molecular complexity index is 439. The molecule has 0 spiro atoms. The smallest absolute Gasteiger partial charge is 0.148 e. The van der Waals surface area contributed by atoms with Gasteiger partial charge in [-0.25, -0.2) is 15.8 Å². The number of hydrogen-bond acceptors (Lipinski definition) is 5. The van der Waals surface area contributed by atoms with Gasteiger partial charge in [-0.1, -0.05) is 0 Å². The molecule has 1 aromatic heterocycles. The summed E-state index contributed by atoms with van der Waals surface area (Å²) in [5, 5.41) is 3.64. The summed E-state index contributed by atoms with van der Waals surface area (Å²) in [5.74, 6) is 9.61. The maximum absolute atomic E-state index is 5.50. The predicted molar refractivity (Wildman–Crippen MR) is 72.2 cm³/mol. The third-order valence-corrected chi connectivity index (χ3v) is 3.96. The van der Waals surface area contributed by atoms with Crippen LogP contribution in [0.5, 0.6) is 0 Å². The summed E-state index contributed by atoms with van der Waals surface area (Å²) >= 11 is 0. The summed E-state index contributed by atoms with van der Waals surface area (Å²) < 4.78 is 0. The molecule has 0 radical (unpaired) electrons. The third kappa shape index (κ3) is 2.27. The van der Waals surface area contributed by atoms with Crippen molar-refractivity contribution in [3.05, 3.63) is 11.4 Å². The molecule has 2 fully saturated rings. The van der Waals surface area contributed by atoms with Crippen LogP contribution in [0, 0.1) is 25.7 Å². The van der Waals surface area contributed by atoms with E-state index >= 15 is 0 Å². The topological polar surface area (TPSA) is 75.9 Å². The van der Waals surface area contributed by atoms with Crippen molar-refractivity contribution in [2.24, 2.45) is 17.7 Å². The third-order valence-electron chi connectivity index (χ3n) is 3.96. The Hall–Kier alpha value is -1.36. The van der Waals surface area contributed by atoms with Gasteiger partial charge in [-0.05, 0) is 51.4 Å². The van der Waals surface area contributed by atoms with Crippen molar-refractivity contribution in [3.63, 3.8) is 0 Å². The molecule has 0 unspecified atom stereocenters. The lowest BCUT2D eigenvalue weighted by molar-refractivity contribution is 0.565.